The standard InChI is InChI=1S/C22H26N2O/c1-2-17-6-11-19(12-7-17)22(25)24-21-14-9-18(10-15-21)8-13-20-5-3-4-16-23-20/h1,6-7,9-12,14-15,20,22-25H,3-5,8,13,16H2. The Morgan fingerprint density at radius 3 is 2.52 bits per heavy atom. The Morgan fingerprint density at radius 1 is 1.12 bits per heavy atom. The van der Waals surface area contributed by atoms with Crippen LogP contribution in [0, 0.1) is 12.3 Å². The quantitative estimate of drug-likeness (QED) is 0.555. The predicted molar refractivity (Wildman–Crippen MR) is 103 cm³/mol. The molecule has 2 unspecified atom stereocenters. The van der Waals surface area contributed by atoms with Crippen LogP contribution in [-0.2, 0) is 6.42 Å². The summed E-state index contributed by atoms with van der Waals surface area (Å²) in [7, 11) is 0. The normalized spacial score (nSPS) is 18.3. The van der Waals surface area contributed by atoms with E-state index in [4.69, 9.17) is 6.42 Å². The number of rotatable bonds is 6. The van der Waals surface area contributed by atoms with Crippen LogP contribution in [0.25, 0.3) is 0 Å². The summed E-state index contributed by atoms with van der Waals surface area (Å²) in [6.07, 6.45) is 10.8. The summed E-state index contributed by atoms with van der Waals surface area (Å²) in [5.41, 5.74) is 3.86. The molecule has 1 aliphatic heterocycles. The first-order chi connectivity index (χ1) is 12.2. The molecule has 2 aromatic carbocycles. The first-order valence-electron chi connectivity index (χ1n) is 9.08. The van der Waals surface area contributed by atoms with Crippen LogP contribution in [-0.4, -0.2) is 17.7 Å². The van der Waals surface area contributed by atoms with Crippen molar-refractivity contribution < 1.29 is 5.11 Å². The number of aryl methyl sites for hydroxylation is 1. The maximum absolute atomic E-state index is 10.3. The molecule has 2 aromatic rings. The van der Waals surface area contributed by atoms with Crippen molar-refractivity contribution >= 4 is 5.69 Å². The maximum atomic E-state index is 10.3. The summed E-state index contributed by atoms with van der Waals surface area (Å²) in [5, 5.41) is 17.0. The number of aliphatic hydroxyl groups is 1. The third-order valence-corrected chi connectivity index (χ3v) is 4.84. The number of terminal acetylenes is 1. The lowest BCUT2D eigenvalue weighted by molar-refractivity contribution is 0.208. The molecule has 1 aliphatic rings. The second-order valence-electron chi connectivity index (χ2n) is 6.70. The van der Waals surface area contributed by atoms with Crippen LogP contribution in [0.3, 0.4) is 0 Å². The van der Waals surface area contributed by atoms with E-state index in [2.05, 4.69) is 28.7 Å². The molecule has 2 atom stereocenters. The Labute approximate surface area is 150 Å². The van der Waals surface area contributed by atoms with Gasteiger partial charge >= 0.3 is 0 Å². The highest BCUT2D eigenvalue weighted by atomic mass is 16.3. The van der Waals surface area contributed by atoms with Crippen LogP contribution < -0.4 is 10.6 Å². The zero-order chi connectivity index (χ0) is 17.5. The van der Waals surface area contributed by atoms with Crippen molar-refractivity contribution in [3.63, 3.8) is 0 Å². The van der Waals surface area contributed by atoms with Crippen molar-refractivity contribution in [2.75, 3.05) is 11.9 Å². The molecule has 3 heteroatoms. The van der Waals surface area contributed by atoms with Gasteiger partial charge in [0.05, 0.1) is 0 Å². The van der Waals surface area contributed by atoms with E-state index >= 15 is 0 Å². The lowest BCUT2D eigenvalue weighted by Gasteiger charge is -2.23. The second kappa shape index (κ2) is 8.71. The van der Waals surface area contributed by atoms with Crippen LogP contribution in [0.15, 0.2) is 48.5 Å². The summed E-state index contributed by atoms with van der Waals surface area (Å²) in [5.74, 6) is 2.58. The fourth-order valence-electron chi connectivity index (χ4n) is 3.28. The Bertz CT molecular complexity index is 694. The molecule has 1 saturated heterocycles. The van der Waals surface area contributed by atoms with Gasteiger partial charge in [0.25, 0.3) is 0 Å². The first kappa shape index (κ1) is 17.5. The smallest absolute Gasteiger partial charge is 0.150 e. The summed E-state index contributed by atoms with van der Waals surface area (Å²) in [6.45, 7) is 1.16. The largest absolute Gasteiger partial charge is 0.369 e. The van der Waals surface area contributed by atoms with Gasteiger partial charge in [-0.25, -0.2) is 0 Å². The topological polar surface area (TPSA) is 44.3 Å². The van der Waals surface area contributed by atoms with E-state index in [9.17, 15) is 5.11 Å². The van der Waals surface area contributed by atoms with Crippen molar-refractivity contribution in [2.24, 2.45) is 0 Å². The van der Waals surface area contributed by atoms with Crippen molar-refractivity contribution in [2.45, 2.75) is 44.4 Å². The highest BCUT2D eigenvalue weighted by Gasteiger charge is 2.12. The minimum atomic E-state index is -0.746. The lowest BCUT2D eigenvalue weighted by Crippen LogP contribution is -2.34. The van der Waals surface area contributed by atoms with E-state index in [0.29, 0.717) is 6.04 Å². The molecular formula is C22H26N2O. The van der Waals surface area contributed by atoms with Gasteiger partial charge in [-0.2, -0.15) is 0 Å². The fraction of sp³-hybridized carbons (Fsp3) is 0.364. The zero-order valence-corrected chi connectivity index (χ0v) is 14.5. The highest BCUT2D eigenvalue weighted by Crippen LogP contribution is 2.20. The van der Waals surface area contributed by atoms with Crippen molar-refractivity contribution in [1.82, 2.24) is 5.32 Å². The molecule has 1 fully saturated rings. The van der Waals surface area contributed by atoms with Gasteiger partial charge in [-0.05, 0) is 62.1 Å². The molecule has 0 saturated carbocycles. The molecule has 25 heavy (non-hydrogen) atoms. The molecule has 3 nitrogen and oxygen atoms in total. The molecule has 0 aliphatic carbocycles. The first-order valence-corrected chi connectivity index (χ1v) is 9.08. The minimum Gasteiger partial charge on any atom is -0.369 e. The third-order valence-electron chi connectivity index (χ3n) is 4.84. The molecule has 0 spiro atoms. The van der Waals surface area contributed by atoms with Gasteiger partial charge in [-0.1, -0.05) is 36.6 Å². The summed E-state index contributed by atoms with van der Waals surface area (Å²) in [4.78, 5) is 0. The molecule has 3 rings (SSSR count). The van der Waals surface area contributed by atoms with Gasteiger partial charge in [0.2, 0.25) is 0 Å². The van der Waals surface area contributed by atoms with Gasteiger partial charge in [0, 0.05) is 22.9 Å². The summed E-state index contributed by atoms with van der Waals surface area (Å²) in [6, 6.07) is 16.4. The third kappa shape index (κ3) is 5.09. The van der Waals surface area contributed by atoms with Crippen LogP contribution in [0.5, 0.6) is 0 Å². The number of anilines is 1. The van der Waals surface area contributed by atoms with Gasteiger partial charge in [0.15, 0.2) is 6.23 Å². The molecule has 3 N–H and O–H groups in total. The molecular weight excluding hydrogens is 308 g/mol. The highest BCUT2D eigenvalue weighted by molar-refractivity contribution is 5.46. The van der Waals surface area contributed by atoms with E-state index in [1.807, 2.05) is 36.4 Å². The average Bonchev–Trinajstić information content (AvgIpc) is 2.68. The van der Waals surface area contributed by atoms with Gasteiger partial charge < -0.3 is 15.7 Å². The fourth-order valence-corrected chi connectivity index (χ4v) is 3.28. The lowest BCUT2D eigenvalue weighted by atomic mass is 9.98. The number of hydrogen-bond acceptors (Lipinski definition) is 3. The minimum absolute atomic E-state index is 0.666. The van der Waals surface area contributed by atoms with Gasteiger partial charge in [-0.15, -0.1) is 6.42 Å². The number of piperidine rings is 1. The number of benzene rings is 2. The van der Waals surface area contributed by atoms with E-state index in [1.165, 1.54) is 31.2 Å². The molecule has 0 bridgehead atoms. The Hall–Kier alpha value is -2.28. The van der Waals surface area contributed by atoms with Crippen molar-refractivity contribution in [1.29, 1.82) is 0 Å². The van der Waals surface area contributed by atoms with E-state index in [1.54, 1.807) is 0 Å². The molecule has 0 amide bonds. The Kier molecular flexibility index (Phi) is 6.11. The molecule has 0 aromatic heterocycles. The summed E-state index contributed by atoms with van der Waals surface area (Å²) < 4.78 is 0. The van der Waals surface area contributed by atoms with Crippen LogP contribution in [0.4, 0.5) is 5.69 Å². The predicted octanol–water partition coefficient (Wildman–Crippen LogP) is 3.85. The van der Waals surface area contributed by atoms with E-state index < -0.39 is 6.23 Å². The van der Waals surface area contributed by atoms with Gasteiger partial charge in [-0.3, -0.25) is 0 Å². The molecule has 1 heterocycles. The summed E-state index contributed by atoms with van der Waals surface area (Å²) >= 11 is 0. The Morgan fingerprint density at radius 2 is 1.88 bits per heavy atom. The maximum Gasteiger partial charge on any atom is 0.150 e. The van der Waals surface area contributed by atoms with E-state index in [-0.39, 0.29) is 0 Å². The van der Waals surface area contributed by atoms with Crippen molar-refractivity contribution in [3.05, 3.63) is 65.2 Å². The van der Waals surface area contributed by atoms with E-state index in [0.717, 1.165) is 29.8 Å². The van der Waals surface area contributed by atoms with Crippen LogP contribution in [0.1, 0.15) is 48.6 Å². The SMILES string of the molecule is C#Cc1ccc(C(O)Nc2ccc(CCC3CCCCN3)cc2)cc1. The second-order valence-corrected chi connectivity index (χ2v) is 6.70. The average molecular weight is 334 g/mol. The number of aliphatic hydroxyl groups excluding tert-OH is 1. The van der Waals surface area contributed by atoms with Crippen LogP contribution >= 0.6 is 0 Å². The van der Waals surface area contributed by atoms with Crippen molar-refractivity contribution in [3.8, 4) is 12.3 Å². The monoisotopic (exact) mass is 334 g/mol. The Balaban J connectivity index is 1.51. The van der Waals surface area contributed by atoms with Crippen LogP contribution in [0.2, 0.25) is 0 Å². The number of hydrogen-bond donors (Lipinski definition) is 3. The molecule has 0 radical (unpaired) electrons. The van der Waals surface area contributed by atoms with Gasteiger partial charge in [0.1, 0.15) is 0 Å². The number of nitrogens with one attached hydrogen (secondary N) is 2. The zero-order valence-electron chi connectivity index (χ0n) is 14.5. The molecule has 130 valence electrons.